The number of benzene rings is 4. The molecule has 0 amide bonds. The largest absolute Gasteiger partial charge is 0.113 e. The molecule has 2 aliphatic carbocycles. The van der Waals surface area contributed by atoms with Gasteiger partial charge >= 0.3 is 0 Å². The summed E-state index contributed by atoms with van der Waals surface area (Å²) >= 11 is 0. The van der Waals surface area contributed by atoms with Crippen molar-refractivity contribution < 1.29 is 0 Å². The molecule has 0 saturated heterocycles. The molecule has 2 radical (unpaired) electrons. The van der Waals surface area contributed by atoms with Gasteiger partial charge in [0.05, 0.1) is 0 Å². The van der Waals surface area contributed by atoms with E-state index in [1.807, 2.05) is 0 Å². The minimum Gasteiger partial charge on any atom is -0.0646 e. The van der Waals surface area contributed by atoms with Crippen molar-refractivity contribution in [2.24, 2.45) is 0 Å². The molecule has 0 heterocycles. The quantitative estimate of drug-likeness (QED) is 0.263. The summed E-state index contributed by atoms with van der Waals surface area (Å²) in [4.78, 5) is 0. The number of allylic oxidation sites excluding steroid dienone is 2. The molecule has 4 aromatic carbocycles. The van der Waals surface area contributed by atoms with Crippen LogP contribution >= 0.6 is 0 Å². The lowest BCUT2D eigenvalue weighted by molar-refractivity contribution is 1.44. The Bertz CT molecular complexity index is 1390. The fourth-order valence-corrected chi connectivity index (χ4v) is 10.6. The first-order valence-corrected chi connectivity index (χ1v) is 15.5. The Morgan fingerprint density at radius 2 is 0.857 bits per heavy atom. The molecule has 0 nitrogen and oxygen atoms in total. The van der Waals surface area contributed by atoms with Gasteiger partial charge in [0.1, 0.15) is 8.07 Å². The fourth-order valence-electron chi connectivity index (χ4n) is 6.40. The topological polar surface area (TPSA) is 0 Å². The van der Waals surface area contributed by atoms with Crippen LogP contribution in [-0.4, -0.2) is 8.07 Å². The van der Waals surface area contributed by atoms with Crippen LogP contribution in [0.25, 0.3) is 32.6 Å². The molecule has 6 rings (SSSR count). The lowest BCUT2D eigenvalue weighted by Crippen LogP contribution is -2.31. The van der Waals surface area contributed by atoms with E-state index in [0.717, 1.165) is 0 Å². The van der Waals surface area contributed by atoms with Crippen molar-refractivity contribution in [3.63, 3.8) is 0 Å². The number of rotatable bonds is 4. The van der Waals surface area contributed by atoms with Gasteiger partial charge in [0.25, 0.3) is 0 Å². The summed E-state index contributed by atoms with van der Waals surface area (Å²) < 4.78 is 0. The van der Waals surface area contributed by atoms with Crippen LogP contribution in [0.4, 0.5) is 0 Å². The van der Waals surface area contributed by atoms with Crippen LogP contribution < -0.4 is 0 Å². The molecule has 0 aliphatic heterocycles. The molecule has 2 aliphatic rings. The second-order valence-electron chi connectivity index (χ2n) is 10.3. The first-order valence-electron chi connectivity index (χ1n) is 12.5. The average molecular weight is 467 g/mol. The zero-order valence-electron chi connectivity index (χ0n) is 20.9. The molecule has 0 bridgehead atoms. The summed E-state index contributed by atoms with van der Waals surface area (Å²) in [5.41, 5.74) is 13.7. The minimum atomic E-state index is -2.10. The summed E-state index contributed by atoms with van der Waals surface area (Å²) in [7, 11) is -2.10. The molecule has 1 heteroatoms. The van der Waals surface area contributed by atoms with Gasteiger partial charge in [0.15, 0.2) is 0 Å². The zero-order chi connectivity index (χ0) is 24.2. The summed E-state index contributed by atoms with van der Waals surface area (Å²) in [5.74, 6) is 0. The Hall–Kier alpha value is -3.42. The van der Waals surface area contributed by atoms with Gasteiger partial charge in [-0.3, -0.25) is 0 Å². The van der Waals surface area contributed by atoms with Crippen molar-refractivity contribution in [1.82, 2.24) is 0 Å². The van der Waals surface area contributed by atoms with Gasteiger partial charge in [-0.25, -0.2) is 0 Å². The van der Waals surface area contributed by atoms with Gasteiger partial charge in [-0.2, -0.15) is 0 Å². The third-order valence-corrected chi connectivity index (χ3v) is 11.4. The van der Waals surface area contributed by atoms with Gasteiger partial charge < -0.3 is 0 Å². The number of fused-ring (bicyclic) bond motifs is 2. The van der Waals surface area contributed by atoms with E-state index in [1.54, 1.807) is 10.4 Å². The molecular formula is C34H30Si. The van der Waals surface area contributed by atoms with Crippen LogP contribution in [0.1, 0.15) is 36.1 Å². The Labute approximate surface area is 210 Å². The predicted molar refractivity (Wildman–Crippen MR) is 153 cm³/mol. The number of hydrogen-bond donors (Lipinski definition) is 0. The third-order valence-electron chi connectivity index (χ3n) is 7.65. The summed E-state index contributed by atoms with van der Waals surface area (Å²) in [5, 5.41) is 3.15. The molecule has 0 saturated carbocycles. The fraction of sp³-hybridized carbons (Fsp3) is 0.118. The van der Waals surface area contributed by atoms with E-state index < -0.39 is 8.07 Å². The molecular weight excluding hydrogens is 436 g/mol. The van der Waals surface area contributed by atoms with Crippen LogP contribution in [0.5, 0.6) is 0 Å². The first-order chi connectivity index (χ1) is 17.0. The highest BCUT2D eigenvalue weighted by atomic mass is 28.3. The smallest absolute Gasteiger partial charge is 0.0646 e. The molecule has 35 heavy (non-hydrogen) atoms. The van der Waals surface area contributed by atoms with Crippen molar-refractivity contribution in [3.05, 3.63) is 143 Å². The lowest BCUT2D eigenvalue weighted by Gasteiger charge is -2.32. The van der Waals surface area contributed by atoms with Gasteiger partial charge in [0.2, 0.25) is 0 Å². The molecule has 0 spiro atoms. The average Bonchev–Trinajstić information content (AvgIpc) is 3.41. The van der Waals surface area contributed by atoms with Crippen LogP contribution in [0, 0.1) is 12.8 Å². The Balaban J connectivity index is 1.56. The first kappa shape index (κ1) is 22.1. The van der Waals surface area contributed by atoms with Crippen LogP contribution in [0.15, 0.2) is 108 Å². The van der Waals surface area contributed by atoms with E-state index in [4.69, 9.17) is 0 Å². The molecule has 0 fully saturated rings. The maximum atomic E-state index is 2.56. The molecule has 0 aromatic heterocycles. The van der Waals surface area contributed by atoms with E-state index in [1.165, 1.54) is 55.7 Å². The van der Waals surface area contributed by atoms with Gasteiger partial charge in [0, 0.05) is 12.8 Å². The van der Waals surface area contributed by atoms with Crippen LogP contribution in [0.3, 0.4) is 0 Å². The monoisotopic (exact) mass is 466 g/mol. The second-order valence-corrected chi connectivity index (χ2v) is 14.6. The molecule has 170 valence electrons. The summed E-state index contributed by atoms with van der Waals surface area (Å²) in [6.07, 6.45) is 4.81. The van der Waals surface area contributed by atoms with Crippen LogP contribution in [0.2, 0.25) is 13.1 Å². The Kier molecular flexibility index (Phi) is 5.27. The van der Waals surface area contributed by atoms with Crippen LogP contribution in [-0.2, 0) is 0 Å². The molecule has 4 aromatic rings. The Morgan fingerprint density at radius 1 is 0.457 bits per heavy atom. The predicted octanol–water partition coefficient (Wildman–Crippen LogP) is 9.19. The SMILES string of the molecule is CC1=C([Si](C)(C)C2=C(C)[CH]c3cccc(-c4ccccc4)c32)c2c(cccc2-c2ccccc2)[CH]1. The van der Waals surface area contributed by atoms with Crippen molar-refractivity contribution in [1.29, 1.82) is 0 Å². The van der Waals surface area contributed by atoms with Gasteiger partial charge in [-0.15, -0.1) is 0 Å². The maximum Gasteiger partial charge on any atom is 0.113 e. The minimum absolute atomic E-state index is 1.30. The van der Waals surface area contributed by atoms with Crippen molar-refractivity contribution in [2.45, 2.75) is 26.9 Å². The number of hydrogen-bond acceptors (Lipinski definition) is 0. The maximum absolute atomic E-state index is 2.56. The Morgan fingerprint density at radius 3 is 1.26 bits per heavy atom. The van der Waals surface area contributed by atoms with E-state index in [-0.39, 0.29) is 0 Å². The van der Waals surface area contributed by atoms with Gasteiger partial charge in [-0.05, 0) is 68.7 Å². The third kappa shape index (κ3) is 3.49. The summed E-state index contributed by atoms with van der Waals surface area (Å²) in [6, 6.07) is 35.3. The zero-order valence-corrected chi connectivity index (χ0v) is 21.9. The van der Waals surface area contributed by atoms with Crippen molar-refractivity contribution >= 4 is 18.5 Å². The summed E-state index contributed by atoms with van der Waals surface area (Å²) in [6.45, 7) is 9.75. The molecule has 0 atom stereocenters. The van der Waals surface area contributed by atoms with Crippen molar-refractivity contribution in [3.8, 4) is 22.3 Å². The second kappa shape index (κ2) is 8.36. The molecule has 0 N–H and O–H groups in total. The van der Waals surface area contributed by atoms with E-state index in [9.17, 15) is 0 Å². The van der Waals surface area contributed by atoms with E-state index in [0.29, 0.717) is 0 Å². The van der Waals surface area contributed by atoms with E-state index >= 15 is 0 Å². The molecule has 0 unspecified atom stereocenters. The van der Waals surface area contributed by atoms with Crippen molar-refractivity contribution in [2.75, 3.05) is 0 Å². The normalized spacial score (nSPS) is 15.0. The highest BCUT2D eigenvalue weighted by molar-refractivity contribution is 7.09. The highest BCUT2D eigenvalue weighted by Gasteiger charge is 2.42. The van der Waals surface area contributed by atoms with Gasteiger partial charge in [-0.1, -0.05) is 121 Å². The lowest BCUT2D eigenvalue weighted by atomic mass is 9.97. The van der Waals surface area contributed by atoms with E-state index in [2.05, 4.69) is 137 Å². The standard InChI is InChI=1S/C34H30Si/c1-23-21-27-17-11-19-29(25-13-7-5-8-14-25)31(27)33(23)35(3,4)34-24(2)22-28-18-12-20-30(32(28)34)26-15-9-6-10-16-26/h5-22H,1-4H3. The highest BCUT2D eigenvalue weighted by Crippen LogP contribution is 2.53.